The van der Waals surface area contributed by atoms with E-state index in [1.54, 1.807) is 0 Å². The fourth-order valence-corrected chi connectivity index (χ4v) is 3.85. The second kappa shape index (κ2) is 7.57. The minimum absolute atomic E-state index is 0.132. The normalized spacial score (nSPS) is 19.9. The average molecular weight is 361 g/mol. The van der Waals surface area contributed by atoms with Crippen molar-refractivity contribution in [1.82, 2.24) is 4.90 Å². The summed E-state index contributed by atoms with van der Waals surface area (Å²) in [6.07, 6.45) is 2.90. The topological polar surface area (TPSA) is 26.8 Å². The second-order valence-electron chi connectivity index (χ2n) is 7.56. The number of para-hydroxylation sites is 1. The molecule has 4 nitrogen and oxygen atoms in total. The fourth-order valence-electron chi connectivity index (χ4n) is 3.85. The largest absolute Gasteiger partial charge is 0.368 e. The lowest BCUT2D eigenvalue weighted by atomic mass is 10.1. The van der Waals surface area contributed by atoms with Gasteiger partial charge in [-0.3, -0.25) is 4.79 Å². The van der Waals surface area contributed by atoms with Gasteiger partial charge in [-0.25, -0.2) is 0 Å². The zero-order valence-corrected chi connectivity index (χ0v) is 16.2. The summed E-state index contributed by atoms with van der Waals surface area (Å²) in [6, 6.07) is 16.6. The summed E-state index contributed by atoms with van der Waals surface area (Å²) in [4.78, 5) is 19.6. The predicted octanol–water partition coefficient (Wildman–Crippen LogP) is 3.57. The monoisotopic (exact) mass is 361 g/mol. The van der Waals surface area contributed by atoms with Gasteiger partial charge in [-0.15, -0.1) is 0 Å². The Labute approximate surface area is 161 Å². The van der Waals surface area contributed by atoms with Gasteiger partial charge in [0.1, 0.15) is 0 Å². The Morgan fingerprint density at radius 1 is 0.889 bits per heavy atom. The molecule has 1 amide bonds. The van der Waals surface area contributed by atoms with Crippen molar-refractivity contribution in [1.29, 1.82) is 0 Å². The highest BCUT2D eigenvalue weighted by Gasteiger charge is 2.27. The quantitative estimate of drug-likeness (QED) is 0.782. The standard InChI is InChI=1S/C23H27N3O/c1-18-7-9-21(10-8-18)26-12-11-20(23(26)27)17-19-5-3-4-6-22(19)25-15-13-24(2)14-16-25/h3-10,17H,11-16H2,1-2H3/b20-17+. The van der Waals surface area contributed by atoms with Gasteiger partial charge in [0.05, 0.1) is 0 Å². The molecule has 2 fully saturated rings. The van der Waals surface area contributed by atoms with E-state index in [0.29, 0.717) is 0 Å². The van der Waals surface area contributed by atoms with Gasteiger partial charge < -0.3 is 14.7 Å². The first-order valence-corrected chi connectivity index (χ1v) is 9.73. The third-order valence-corrected chi connectivity index (χ3v) is 5.58. The van der Waals surface area contributed by atoms with E-state index in [4.69, 9.17) is 0 Å². The van der Waals surface area contributed by atoms with E-state index < -0.39 is 0 Å². The minimum Gasteiger partial charge on any atom is -0.368 e. The van der Waals surface area contributed by atoms with Crippen LogP contribution in [0.3, 0.4) is 0 Å². The maximum absolute atomic E-state index is 13.0. The Morgan fingerprint density at radius 3 is 2.33 bits per heavy atom. The number of amides is 1. The number of anilines is 2. The number of carbonyl (C=O) groups excluding carboxylic acids is 1. The summed E-state index contributed by atoms with van der Waals surface area (Å²) in [5.41, 5.74) is 5.48. The third kappa shape index (κ3) is 3.76. The molecule has 2 aromatic carbocycles. The number of aryl methyl sites for hydroxylation is 1. The smallest absolute Gasteiger partial charge is 0.254 e. The van der Waals surface area contributed by atoms with Crippen molar-refractivity contribution in [3.8, 4) is 0 Å². The molecule has 0 bridgehead atoms. The summed E-state index contributed by atoms with van der Waals surface area (Å²) < 4.78 is 0. The van der Waals surface area contributed by atoms with Crippen LogP contribution in [0.5, 0.6) is 0 Å². The summed E-state index contributed by atoms with van der Waals surface area (Å²) in [6.45, 7) is 7.02. The van der Waals surface area contributed by atoms with Gasteiger partial charge in [-0.1, -0.05) is 35.9 Å². The molecule has 0 aliphatic carbocycles. The van der Waals surface area contributed by atoms with Crippen molar-refractivity contribution in [2.75, 3.05) is 49.6 Å². The first-order valence-electron chi connectivity index (χ1n) is 9.73. The lowest BCUT2D eigenvalue weighted by Crippen LogP contribution is -2.44. The molecule has 140 valence electrons. The number of nitrogens with zero attached hydrogens (tertiary/aromatic N) is 3. The average Bonchev–Trinajstić information content (AvgIpc) is 3.04. The van der Waals surface area contributed by atoms with Gasteiger partial charge in [-0.05, 0) is 50.2 Å². The zero-order valence-electron chi connectivity index (χ0n) is 16.2. The van der Waals surface area contributed by atoms with Crippen molar-refractivity contribution < 1.29 is 4.79 Å². The van der Waals surface area contributed by atoms with Crippen molar-refractivity contribution in [2.45, 2.75) is 13.3 Å². The van der Waals surface area contributed by atoms with Crippen molar-refractivity contribution in [3.63, 3.8) is 0 Å². The number of piperazine rings is 1. The molecule has 27 heavy (non-hydrogen) atoms. The first kappa shape index (κ1) is 17.8. The van der Waals surface area contributed by atoms with E-state index in [-0.39, 0.29) is 5.91 Å². The van der Waals surface area contributed by atoms with Gasteiger partial charge in [-0.2, -0.15) is 0 Å². The maximum Gasteiger partial charge on any atom is 0.254 e. The van der Waals surface area contributed by atoms with Crippen molar-refractivity contribution in [3.05, 3.63) is 65.2 Å². The molecular formula is C23H27N3O. The van der Waals surface area contributed by atoms with Crippen LogP contribution in [0.4, 0.5) is 11.4 Å². The van der Waals surface area contributed by atoms with Crippen LogP contribution in [0.2, 0.25) is 0 Å². The van der Waals surface area contributed by atoms with Gasteiger partial charge >= 0.3 is 0 Å². The molecule has 2 aliphatic heterocycles. The van der Waals surface area contributed by atoms with E-state index in [2.05, 4.69) is 66.2 Å². The van der Waals surface area contributed by atoms with Crippen LogP contribution >= 0.6 is 0 Å². The van der Waals surface area contributed by atoms with Crippen LogP contribution in [0.1, 0.15) is 17.5 Å². The Balaban J connectivity index is 1.57. The summed E-state index contributed by atoms with van der Waals surface area (Å²) in [7, 11) is 2.17. The van der Waals surface area contributed by atoms with Gasteiger partial charge in [0, 0.05) is 49.7 Å². The molecule has 2 saturated heterocycles. The number of benzene rings is 2. The molecule has 0 radical (unpaired) electrons. The lowest BCUT2D eigenvalue weighted by Gasteiger charge is -2.35. The SMILES string of the molecule is Cc1ccc(N2CC/C(=C\c3ccccc3N3CCN(C)CC3)C2=O)cc1. The van der Waals surface area contributed by atoms with E-state index >= 15 is 0 Å². The third-order valence-electron chi connectivity index (χ3n) is 5.58. The lowest BCUT2D eigenvalue weighted by molar-refractivity contribution is -0.114. The molecule has 0 saturated carbocycles. The highest BCUT2D eigenvalue weighted by molar-refractivity contribution is 6.11. The molecule has 4 heteroatoms. The van der Waals surface area contributed by atoms with E-state index in [1.165, 1.54) is 11.3 Å². The summed E-state index contributed by atoms with van der Waals surface area (Å²) in [5, 5.41) is 0. The van der Waals surface area contributed by atoms with Gasteiger partial charge in [0.25, 0.3) is 5.91 Å². The molecule has 0 spiro atoms. The first-order chi connectivity index (χ1) is 13.1. The Morgan fingerprint density at radius 2 is 1.59 bits per heavy atom. The maximum atomic E-state index is 13.0. The molecule has 0 aromatic heterocycles. The number of carbonyl (C=O) groups is 1. The number of likely N-dealkylation sites (N-methyl/N-ethyl adjacent to an activating group) is 1. The van der Waals surface area contributed by atoms with Gasteiger partial charge in [0.2, 0.25) is 0 Å². The Kier molecular flexibility index (Phi) is 4.99. The van der Waals surface area contributed by atoms with Gasteiger partial charge in [0.15, 0.2) is 0 Å². The van der Waals surface area contributed by atoms with Crippen LogP contribution in [0.15, 0.2) is 54.1 Å². The highest BCUT2D eigenvalue weighted by Crippen LogP contribution is 2.29. The fraction of sp³-hybridized carbons (Fsp3) is 0.348. The predicted molar refractivity (Wildman–Crippen MR) is 112 cm³/mol. The van der Waals surface area contributed by atoms with E-state index in [9.17, 15) is 4.79 Å². The second-order valence-corrected chi connectivity index (χ2v) is 7.56. The van der Waals surface area contributed by atoms with Crippen LogP contribution in [0, 0.1) is 6.92 Å². The van der Waals surface area contributed by atoms with E-state index in [1.807, 2.05) is 17.0 Å². The van der Waals surface area contributed by atoms with Crippen LogP contribution in [0.25, 0.3) is 6.08 Å². The van der Waals surface area contributed by atoms with Crippen LogP contribution < -0.4 is 9.80 Å². The summed E-state index contributed by atoms with van der Waals surface area (Å²) >= 11 is 0. The molecule has 0 atom stereocenters. The number of hydrogen-bond donors (Lipinski definition) is 0. The molecule has 4 rings (SSSR count). The molecule has 2 aliphatic rings. The molecule has 0 N–H and O–H groups in total. The van der Waals surface area contributed by atoms with Crippen molar-refractivity contribution >= 4 is 23.4 Å². The minimum atomic E-state index is 0.132. The molecule has 0 unspecified atom stereocenters. The molecule has 2 heterocycles. The van der Waals surface area contributed by atoms with Crippen LogP contribution in [-0.4, -0.2) is 50.6 Å². The highest BCUT2D eigenvalue weighted by atomic mass is 16.2. The summed E-state index contributed by atoms with van der Waals surface area (Å²) in [5.74, 6) is 0.132. The number of rotatable bonds is 3. The Hall–Kier alpha value is -2.59. The zero-order chi connectivity index (χ0) is 18.8. The van der Waals surface area contributed by atoms with E-state index in [0.717, 1.165) is 56.0 Å². The molecule has 2 aromatic rings. The van der Waals surface area contributed by atoms with Crippen LogP contribution in [-0.2, 0) is 4.79 Å². The number of hydrogen-bond acceptors (Lipinski definition) is 3. The molecular weight excluding hydrogens is 334 g/mol. The van der Waals surface area contributed by atoms with Crippen molar-refractivity contribution in [2.24, 2.45) is 0 Å². The Bertz CT molecular complexity index is 848.